The first-order valence-electron chi connectivity index (χ1n) is 6.95. The summed E-state index contributed by atoms with van der Waals surface area (Å²) in [6.45, 7) is 0. The molecule has 1 unspecified atom stereocenters. The van der Waals surface area contributed by atoms with Gasteiger partial charge in [0.05, 0.1) is 5.69 Å². The summed E-state index contributed by atoms with van der Waals surface area (Å²) in [4.78, 5) is 0. The molecule has 3 rings (SSSR count). The Kier molecular flexibility index (Phi) is 4.02. The van der Waals surface area contributed by atoms with Gasteiger partial charge in [-0.1, -0.05) is 48.5 Å². The standard InChI is InChI=1S/C16H17N5/c17-14(11-13-7-3-1-4-8-13)12-16-18-19-20-21(16)15-9-5-2-6-10-15/h1-10,14H,11-12,17H2. The smallest absolute Gasteiger partial charge is 0.158 e. The van der Waals surface area contributed by atoms with E-state index in [0.29, 0.717) is 6.42 Å². The summed E-state index contributed by atoms with van der Waals surface area (Å²) in [5.74, 6) is 0.782. The van der Waals surface area contributed by atoms with Gasteiger partial charge in [-0.3, -0.25) is 0 Å². The van der Waals surface area contributed by atoms with Crippen molar-refractivity contribution < 1.29 is 0 Å². The second-order valence-corrected chi connectivity index (χ2v) is 5.00. The van der Waals surface area contributed by atoms with Crippen molar-refractivity contribution in [3.8, 4) is 5.69 Å². The second-order valence-electron chi connectivity index (χ2n) is 5.00. The van der Waals surface area contributed by atoms with Crippen LogP contribution in [0.25, 0.3) is 5.69 Å². The zero-order valence-electron chi connectivity index (χ0n) is 11.6. The maximum atomic E-state index is 6.24. The van der Waals surface area contributed by atoms with Gasteiger partial charge in [-0.15, -0.1) is 5.10 Å². The average molecular weight is 279 g/mol. The number of benzene rings is 2. The number of hydrogen-bond acceptors (Lipinski definition) is 4. The number of nitrogens with two attached hydrogens (primary N) is 1. The molecule has 21 heavy (non-hydrogen) atoms. The Morgan fingerprint density at radius 2 is 1.57 bits per heavy atom. The molecular formula is C16H17N5. The van der Waals surface area contributed by atoms with E-state index in [9.17, 15) is 0 Å². The summed E-state index contributed by atoms with van der Waals surface area (Å²) in [5, 5.41) is 11.9. The lowest BCUT2D eigenvalue weighted by molar-refractivity contribution is 0.625. The van der Waals surface area contributed by atoms with Crippen LogP contribution in [0.1, 0.15) is 11.4 Å². The molecule has 5 nitrogen and oxygen atoms in total. The third kappa shape index (κ3) is 3.32. The first-order chi connectivity index (χ1) is 10.3. The molecule has 0 radical (unpaired) electrons. The Bertz CT molecular complexity index is 678. The molecule has 0 bridgehead atoms. The van der Waals surface area contributed by atoms with E-state index in [1.54, 1.807) is 4.68 Å². The number of hydrogen-bond donors (Lipinski definition) is 1. The second kappa shape index (κ2) is 6.28. The van der Waals surface area contributed by atoms with Crippen molar-refractivity contribution in [2.24, 2.45) is 5.73 Å². The number of para-hydroxylation sites is 1. The maximum absolute atomic E-state index is 6.24. The predicted molar refractivity (Wildman–Crippen MR) is 81.0 cm³/mol. The molecule has 3 aromatic rings. The summed E-state index contributed by atoms with van der Waals surface area (Å²) < 4.78 is 1.74. The van der Waals surface area contributed by atoms with Crippen molar-refractivity contribution >= 4 is 0 Å². The zero-order chi connectivity index (χ0) is 14.5. The minimum Gasteiger partial charge on any atom is -0.327 e. The topological polar surface area (TPSA) is 69.6 Å². The molecule has 0 aliphatic rings. The molecule has 1 heterocycles. The van der Waals surface area contributed by atoms with Gasteiger partial charge < -0.3 is 5.73 Å². The minimum atomic E-state index is -0.0131. The molecule has 1 aromatic heterocycles. The van der Waals surface area contributed by atoms with Crippen molar-refractivity contribution in [1.29, 1.82) is 0 Å². The third-order valence-corrected chi connectivity index (χ3v) is 3.32. The van der Waals surface area contributed by atoms with Crippen LogP contribution in [0.3, 0.4) is 0 Å². The van der Waals surface area contributed by atoms with Crippen LogP contribution in [0.2, 0.25) is 0 Å². The Labute approximate surface area is 123 Å². The molecule has 0 amide bonds. The number of tetrazole rings is 1. The van der Waals surface area contributed by atoms with Gasteiger partial charge in [0, 0.05) is 12.5 Å². The van der Waals surface area contributed by atoms with Gasteiger partial charge in [-0.2, -0.15) is 4.68 Å². The van der Waals surface area contributed by atoms with E-state index in [4.69, 9.17) is 5.73 Å². The normalized spacial score (nSPS) is 12.2. The van der Waals surface area contributed by atoms with Gasteiger partial charge in [-0.05, 0) is 34.5 Å². The Morgan fingerprint density at radius 3 is 2.29 bits per heavy atom. The van der Waals surface area contributed by atoms with E-state index in [-0.39, 0.29) is 6.04 Å². The minimum absolute atomic E-state index is 0.0131. The molecule has 0 saturated carbocycles. The van der Waals surface area contributed by atoms with Crippen LogP contribution in [0.4, 0.5) is 0 Å². The monoisotopic (exact) mass is 279 g/mol. The predicted octanol–water partition coefficient (Wildman–Crippen LogP) is 1.77. The van der Waals surface area contributed by atoms with E-state index in [1.807, 2.05) is 48.5 Å². The lowest BCUT2D eigenvalue weighted by Gasteiger charge is -2.11. The van der Waals surface area contributed by atoms with E-state index in [0.717, 1.165) is 17.9 Å². The van der Waals surface area contributed by atoms with Crippen molar-refractivity contribution in [3.63, 3.8) is 0 Å². The number of aromatic nitrogens is 4. The maximum Gasteiger partial charge on any atom is 0.158 e. The van der Waals surface area contributed by atoms with Gasteiger partial charge in [0.25, 0.3) is 0 Å². The van der Waals surface area contributed by atoms with Crippen molar-refractivity contribution in [3.05, 3.63) is 72.1 Å². The van der Waals surface area contributed by atoms with Gasteiger partial charge >= 0.3 is 0 Å². The molecule has 0 aliphatic carbocycles. The van der Waals surface area contributed by atoms with Crippen molar-refractivity contribution in [2.45, 2.75) is 18.9 Å². The molecule has 0 spiro atoms. The van der Waals surface area contributed by atoms with Gasteiger partial charge in [0.15, 0.2) is 5.82 Å². The summed E-state index contributed by atoms with van der Waals surface area (Å²) in [6, 6.07) is 20.0. The fourth-order valence-electron chi connectivity index (χ4n) is 2.33. The van der Waals surface area contributed by atoms with E-state index < -0.39 is 0 Å². The lowest BCUT2D eigenvalue weighted by atomic mass is 10.0. The van der Waals surface area contributed by atoms with Gasteiger partial charge in [0.2, 0.25) is 0 Å². The molecule has 2 N–H and O–H groups in total. The fraction of sp³-hybridized carbons (Fsp3) is 0.188. The fourth-order valence-corrected chi connectivity index (χ4v) is 2.33. The summed E-state index contributed by atoms with van der Waals surface area (Å²) in [6.07, 6.45) is 1.44. The first-order valence-corrected chi connectivity index (χ1v) is 6.95. The highest BCUT2D eigenvalue weighted by Crippen LogP contribution is 2.10. The van der Waals surface area contributed by atoms with Crippen LogP contribution in [0.15, 0.2) is 60.7 Å². The SMILES string of the molecule is NC(Cc1ccccc1)Cc1nnnn1-c1ccccc1. The lowest BCUT2D eigenvalue weighted by Crippen LogP contribution is -2.27. The van der Waals surface area contributed by atoms with E-state index in [2.05, 4.69) is 27.7 Å². The Hall–Kier alpha value is -2.53. The van der Waals surface area contributed by atoms with Crippen LogP contribution >= 0.6 is 0 Å². The highest BCUT2D eigenvalue weighted by atomic mass is 15.5. The average Bonchev–Trinajstić information content (AvgIpc) is 2.97. The van der Waals surface area contributed by atoms with Crippen LogP contribution in [-0.4, -0.2) is 26.2 Å². The Morgan fingerprint density at radius 1 is 0.905 bits per heavy atom. The summed E-state index contributed by atoms with van der Waals surface area (Å²) >= 11 is 0. The molecule has 1 atom stereocenters. The van der Waals surface area contributed by atoms with Crippen LogP contribution in [-0.2, 0) is 12.8 Å². The summed E-state index contributed by atoms with van der Waals surface area (Å²) in [5.41, 5.74) is 8.41. The van der Waals surface area contributed by atoms with Gasteiger partial charge in [-0.25, -0.2) is 0 Å². The number of rotatable bonds is 5. The first kappa shape index (κ1) is 13.5. The van der Waals surface area contributed by atoms with E-state index >= 15 is 0 Å². The molecule has 0 aliphatic heterocycles. The van der Waals surface area contributed by atoms with Crippen LogP contribution in [0.5, 0.6) is 0 Å². The molecule has 2 aromatic carbocycles. The molecule has 106 valence electrons. The van der Waals surface area contributed by atoms with Crippen molar-refractivity contribution in [1.82, 2.24) is 20.2 Å². The molecule has 5 heteroatoms. The molecule has 0 saturated heterocycles. The molecule has 0 fully saturated rings. The Balaban J connectivity index is 1.73. The van der Waals surface area contributed by atoms with Crippen LogP contribution < -0.4 is 5.73 Å². The van der Waals surface area contributed by atoms with Gasteiger partial charge in [0.1, 0.15) is 0 Å². The summed E-state index contributed by atoms with van der Waals surface area (Å²) in [7, 11) is 0. The van der Waals surface area contributed by atoms with E-state index in [1.165, 1.54) is 5.56 Å². The highest BCUT2D eigenvalue weighted by molar-refractivity contribution is 5.30. The molecular weight excluding hydrogens is 262 g/mol. The third-order valence-electron chi connectivity index (χ3n) is 3.32. The quantitative estimate of drug-likeness (QED) is 0.773. The van der Waals surface area contributed by atoms with Crippen molar-refractivity contribution in [2.75, 3.05) is 0 Å². The largest absolute Gasteiger partial charge is 0.327 e. The highest BCUT2D eigenvalue weighted by Gasteiger charge is 2.13. The zero-order valence-corrected chi connectivity index (χ0v) is 11.6. The number of nitrogens with zero attached hydrogens (tertiary/aromatic N) is 4. The van der Waals surface area contributed by atoms with Crippen LogP contribution in [0, 0.1) is 0 Å².